The Balaban J connectivity index is 1.69. The van der Waals surface area contributed by atoms with Gasteiger partial charge in [0.15, 0.2) is 11.5 Å². The van der Waals surface area contributed by atoms with E-state index in [1.807, 2.05) is 43.3 Å². The lowest BCUT2D eigenvalue weighted by atomic mass is 10.1. The molecule has 3 rings (SSSR count). The number of nitrogens with one attached hydrogen (secondary N) is 1. The van der Waals surface area contributed by atoms with Crippen molar-refractivity contribution in [3.63, 3.8) is 0 Å². The van der Waals surface area contributed by atoms with E-state index < -0.39 is 0 Å². The van der Waals surface area contributed by atoms with Crippen LogP contribution in [0, 0.1) is 6.92 Å². The van der Waals surface area contributed by atoms with Crippen molar-refractivity contribution in [3.05, 3.63) is 94.0 Å². The molecule has 4 heteroatoms. The van der Waals surface area contributed by atoms with Crippen molar-refractivity contribution in [2.45, 2.75) is 33.5 Å². The van der Waals surface area contributed by atoms with Crippen LogP contribution in [-0.2, 0) is 19.7 Å². The van der Waals surface area contributed by atoms with E-state index in [2.05, 4.69) is 42.6 Å². The highest BCUT2D eigenvalue weighted by Crippen LogP contribution is 2.32. The topological polar surface area (TPSA) is 30.5 Å². The Labute approximate surface area is 172 Å². The highest BCUT2D eigenvalue weighted by atomic mass is 35.5. The zero-order valence-electron chi connectivity index (χ0n) is 16.4. The van der Waals surface area contributed by atoms with Crippen LogP contribution < -0.4 is 14.8 Å². The maximum absolute atomic E-state index is 6.16. The minimum Gasteiger partial charge on any atom is -0.490 e. The molecule has 0 spiro atoms. The molecule has 3 aromatic rings. The van der Waals surface area contributed by atoms with Crippen molar-refractivity contribution in [1.82, 2.24) is 5.32 Å². The van der Waals surface area contributed by atoms with E-state index in [4.69, 9.17) is 21.1 Å². The summed E-state index contributed by atoms with van der Waals surface area (Å²) >= 11 is 5.97. The lowest BCUT2D eigenvalue weighted by Crippen LogP contribution is -2.14. The van der Waals surface area contributed by atoms with Gasteiger partial charge in [0, 0.05) is 23.7 Å². The second-order valence-electron chi connectivity index (χ2n) is 6.68. The molecule has 3 nitrogen and oxygen atoms in total. The summed E-state index contributed by atoms with van der Waals surface area (Å²) in [5.41, 5.74) is 4.67. The van der Waals surface area contributed by atoms with Crippen LogP contribution in [0.25, 0.3) is 0 Å². The van der Waals surface area contributed by atoms with Crippen LogP contribution in [0.4, 0.5) is 0 Å². The van der Waals surface area contributed by atoms with E-state index in [0.29, 0.717) is 19.8 Å². The highest BCUT2D eigenvalue weighted by molar-refractivity contribution is 6.30. The van der Waals surface area contributed by atoms with E-state index in [1.165, 1.54) is 11.1 Å². The third kappa shape index (κ3) is 5.75. The smallest absolute Gasteiger partial charge is 0.166 e. The number of rotatable bonds is 9. The first-order chi connectivity index (χ1) is 13.7. The van der Waals surface area contributed by atoms with E-state index in [9.17, 15) is 0 Å². The van der Waals surface area contributed by atoms with Gasteiger partial charge in [0.05, 0.1) is 6.61 Å². The lowest BCUT2D eigenvalue weighted by Gasteiger charge is -2.16. The van der Waals surface area contributed by atoms with Crippen LogP contribution in [0.3, 0.4) is 0 Å². The van der Waals surface area contributed by atoms with Crippen molar-refractivity contribution in [3.8, 4) is 11.5 Å². The van der Waals surface area contributed by atoms with Crippen molar-refractivity contribution in [2.75, 3.05) is 6.61 Å². The van der Waals surface area contributed by atoms with Gasteiger partial charge in [-0.2, -0.15) is 0 Å². The van der Waals surface area contributed by atoms with Gasteiger partial charge in [-0.05, 0) is 43.2 Å². The van der Waals surface area contributed by atoms with Gasteiger partial charge >= 0.3 is 0 Å². The quantitative estimate of drug-likeness (QED) is 0.488. The monoisotopic (exact) mass is 395 g/mol. The summed E-state index contributed by atoms with van der Waals surface area (Å²) in [6, 6.07) is 22.3. The van der Waals surface area contributed by atoms with Gasteiger partial charge < -0.3 is 14.8 Å². The largest absolute Gasteiger partial charge is 0.490 e. The molecule has 0 fully saturated rings. The molecule has 146 valence electrons. The maximum Gasteiger partial charge on any atom is 0.166 e. The third-order valence-corrected chi connectivity index (χ3v) is 4.67. The summed E-state index contributed by atoms with van der Waals surface area (Å²) in [5, 5.41) is 4.22. The number of hydrogen-bond acceptors (Lipinski definition) is 3. The maximum atomic E-state index is 6.16. The van der Waals surface area contributed by atoms with Gasteiger partial charge in [0.2, 0.25) is 0 Å². The zero-order chi connectivity index (χ0) is 19.8. The second kappa shape index (κ2) is 10.2. The summed E-state index contributed by atoms with van der Waals surface area (Å²) in [4.78, 5) is 0. The normalized spacial score (nSPS) is 10.7. The fourth-order valence-electron chi connectivity index (χ4n) is 2.92. The standard InChI is InChI=1S/C24H26ClNO2/c1-3-27-23-6-4-5-21(16-26-15-19-9-7-18(2)8-10-19)24(23)28-17-20-11-13-22(25)14-12-20/h4-14,26H,3,15-17H2,1-2H3. The number of aryl methyl sites for hydroxylation is 1. The summed E-state index contributed by atoms with van der Waals surface area (Å²) in [7, 11) is 0. The fourth-order valence-corrected chi connectivity index (χ4v) is 3.04. The number of halogens is 1. The van der Waals surface area contributed by atoms with Crippen LogP contribution in [-0.4, -0.2) is 6.61 Å². The van der Waals surface area contributed by atoms with Crippen LogP contribution in [0.1, 0.15) is 29.2 Å². The first-order valence-corrected chi connectivity index (χ1v) is 9.91. The molecule has 28 heavy (non-hydrogen) atoms. The molecular weight excluding hydrogens is 370 g/mol. The second-order valence-corrected chi connectivity index (χ2v) is 7.12. The Hall–Kier alpha value is -2.49. The van der Waals surface area contributed by atoms with Crippen LogP contribution >= 0.6 is 11.6 Å². The molecule has 3 aromatic carbocycles. The van der Waals surface area contributed by atoms with E-state index in [1.54, 1.807) is 0 Å². The van der Waals surface area contributed by atoms with Crippen molar-refractivity contribution >= 4 is 11.6 Å². The van der Waals surface area contributed by atoms with Gasteiger partial charge in [-0.25, -0.2) is 0 Å². The molecule has 0 heterocycles. The van der Waals surface area contributed by atoms with E-state index >= 15 is 0 Å². The van der Waals surface area contributed by atoms with Crippen LogP contribution in [0.5, 0.6) is 11.5 Å². The number of benzene rings is 3. The molecular formula is C24H26ClNO2. The van der Waals surface area contributed by atoms with Gasteiger partial charge in [0.1, 0.15) is 6.61 Å². The minimum absolute atomic E-state index is 0.465. The Bertz CT molecular complexity index is 876. The highest BCUT2D eigenvalue weighted by Gasteiger charge is 2.11. The molecule has 1 N–H and O–H groups in total. The fraction of sp³-hybridized carbons (Fsp3) is 0.250. The summed E-state index contributed by atoms with van der Waals surface area (Å²) in [6.45, 7) is 6.64. The lowest BCUT2D eigenvalue weighted by molar-refractivity contribution is 0.266. The van der Waals surface area contributed by atoms with Crippen LogP contribution in [0.2, 0.25) is 5.02 Å². The van der Waals surface area contributed by atoms with Gasteiger partial charge in [-0.1, -0.05) is 65.7 Å². The molecule has 0 aliphatic rings. The molecule has 0 amide bonds. The number of hydrogen-bond donors (Lipinski definition) is 1. The molecule has 0 radical (unpaired) electrons. The Morgan fingerprint density at radius 3 is 2.25 bits per heavy atom. The summed E-state index contributed by atoms with van der Waals surface area (Å²) in [5.74, 6) is 1.56. The molecule has 0 saturated heterocycles. The first-order valence-electron chi connectivity index (χ1n) is 9.54. The molecule has 0 aliphatic heterocycles. The zero-order valence-corrected chi connectivity index (χ0v) is 17.1. The van der Waals surface area contributed by atoms with Gasteiger partial charge in [-0.15, -0.1) is 0 Å². The van der Waals surface area contributed by atoms with Crippen molar-refractivity contribution in [1.29, 1.82) is 0 Å². The Kier molecular flexibility index (Phi) is 7.35. The van der Waals surface area contributed by atoms with Crippen molar-refractivity contribution < 1.29 is 9.47 Å². The summed E-state index contributed by atoms with van der Waals surface area (Å²) < 4.78 is 11.9. The van der Waals surface area contributed by atoms with Crippen LogP contribution in [0.15, 0.2) is 66.7 Å². The third-order valence-electron chi connectivity index (χ3n) is 4.42. The predicted molar refractivity (Wildman–Crippen MR) is 115 cm³/mol. The first kappa shape index (κ1) is 20.2. The predicted octanol–water partition coefficient (Wildman–Crippen LogP) is 5.92. The number of ether oxygens (including phenoxy) is 2. The minimum atomic E-state index is 0.465. The average Bonchev–Trinajstić information content (AvgIpc) is 2.70. The molecule has 0 unspecified atom stereocenters. The van der Waals surface area contributed by atoms with E-state index in [-0.39, 0.29) is 0 Å². The van der Waals surface area contributed by atoms with Gasteiger partial charge in [-0.3, -0.25) is 0 Å². The Morgan fingerprint density at radius 2 is 1.54 bits per heavy atom. The van der Waals surface area contributed by atoms with Gasteiger partial charge in [0.25, 0.3) is 0 Å². The molecule has 0 aromatic heterocycles. The van der Waals surface area contributed by atoms with E-state index in [0.717, 1.165) is 34.2 Å². The number of para-hydroxylation sites is 1. The summed E-state index contributed by atoms with van der Waals surface area (Å²) in [6.07, 6.45) is 0. The molecule has 0 bridgehead atoms. The molecule has 0 atom stereocenters. The average molecular weight is 396 g/mol. The molecule has 0 saturated carbocycles. The SMILES string of the molecule is CCOc1cccc(CNCc2ccc(C)cc2)c1OCc1ccc(Cl)cc1. The molecule has 0 aliphatic carbocycles. The Morgan fingerprint density at radius 1 is 0.821 bits per heavy atom. The van der Waals surface area contributed by atoms with Crippen molar-refractivity contribution in [2.24, 2.45) is 0 Å².